The highest BCUT2D eigenvalue weighted by molar-refractivity contribution is 5.93. The van der Waals surface area contributed by atoms with Crippen molar-refractivity contribution in [3.05, 3.63) is 42.9 Å². The van der Waals surface area contributed by atoms with Crippen LogP contribution >= 0.6 is 0 Å². The smallest absolute Gasteiger partial charge is 0.180 e. The average molecular weight is 469 g/mol. The van der Waals surface area contributed by atoms with E-state index in [1.807, 2.05) is 30.7 Å². The Hall–Kier alpha value is -4.05. The number of aromatic amines is 2. The van der Waals surface area contributed by atoms with Crippen molar-refractivity contribution in [3.63, 3.8) is 0 Å². The van der Waals surface area contributed by atoms with Crippen LogP contribution in [0.4, 0.5) is 11.4 Å². The molecule has 6 heterocycles. The molecular weight excluding hydrogens is 440 g/mol. The molecule has 1 saturated heterocycles. The van der Waals surface area contributed by atoms with Gasteiger partial charge in [-0.3, -0.25) is 10.1 Å². The van der Waals surface area contributed by atoms with E-state index in [2.05, 4.69) is 73.3 Å². The minimum atomic E-state index is 0.320. The first-order valence-corrected chi connectivity index (χ1v) is 11.9. The molecule has 1 aliphatic heterocycles. The predicted molar refractivity (Wildman–Crippen MR) is 138 cm³/mol. The lowest BCUT2D eigenvalue weighted by Gasteiger charge is -2.34. The maximum atomic E-state index is 4.93. The number of H-pyrrole nitrogens is 2. The molecule has 0 saturated carbocycles. The molecule has 1 fully saturated rings. The second-order valence-corrected chi connectivity index (χ2v) is 9.33. The van der Waals surface area contributed by atoms with Crippen molar-refractivity contribution < 1.29 is 0 Å². The van der Waals surface area contributed by atoms with Crippen LogP contribution in [0.15, 0.2) is 42.9 Å². The van der Waals surface area contributed by atoms with E-state index in [1.165, 1.54) is 0 Å². The van der Waals surface area contributed by atoms with Gasteiger partial charge in [0.1, 0.15) is 11.0 Å². The number of hydrogen-bond donors (Lipinski definition) is 3. The number of piperazine rings is 1. The molecule has 10 heteroatoms. The van der Waals surface area contributed by atoms with Gasteiger partial charge in [0.2, 0.25) is 0 Å². The number of nitrogens with zero attached hydrogens (tertiary/aromatic N) is 7. The summed E-state index contributed by atoms with van der Waals surface area (Å²) in [5, 5.41) is 11.0. The summed E-state index contributed by atoms with van der Waals surface area (Å²) < 4.78 is 0. The van der Waals surface area contributed by atoms with Crippen molar-refractivity contribution in [1.82, 2.24) is 40.0 Å². The average Bonchev–Trinajstić information content (AvgIpc) is 3.48. The number of fused-ring (bicyclic) bond motifs is 2. The number of likely N-dealkylation sites (N-methyl/N-ethyl adjacent to an activating group) is 1. The van der Waals surface area contributed by atoms with E-state index in [4.69, 9.17) is 9.97 Å². The number of imidazole rings is 1. The van der Waals surface area contributed by atoms with Crippen LogP contribution in [-0.2, 0) is 0 Å². The SMILES string of the molecule is CC(C)Nc1cncc(-c2ccc3[nH]nc(-c4nc5nccc(N6CCN(C)CC6)c5[nH]4)c3n2)c1. The molecule has 0 radical (unpaired) electrons. The van der Waals surface area contributed by atoms with Crippen LogP contribution in [0, 0.1) is 0 Å². The summed E-state index contributed by atoms with van der Waals surface area (Å²) >= 11 is 0. The zero-order chi connectivity index (χ0) is 23.9. The summed E-state index contributed by atoms with van der Waals surface area (Å²) in [6.07, 6.45) is 5.47. The van der Waals surface area contributed by atoms with Gasteiger partial charge in [-0.2, -0.15) is 5.10 Å². The molecule has 0 spiro atoms. The van der Waals surface area contributed by atoms with E-state index >= 15 is 0 Å². The molecule has 0 atom stereocenters. The minimum Gasteiger partial charge on any atom is -0.382 e. The predicted octanol–water partition coefficient (Wildman–Crippen LogP) is 3.53. The highest BCUT2D eigenvalue weighted by atomic mass is 15.3. The lowest BCUT2D eigenvalue weighted by Crippen LogP contribution is -2.44. The van der Waals surface area contributed by atoms with Crippen molar-refractivity contribution in [1.29, 1.82) is 0 Å². The molecule has 35 heavy (non-hydrogen) atoms. The van der Waals surface area contributed by atoms with Gasteiger partial charge in [0.05, 0.1) is 22.6 Å². The Morgan fingerprint density at radius 1 is 1.03 bits per heavy atom. The van der Waals surface area contributed by atoms with E-state index in [0.717, 1.165) is 65.4 Å². The lowest BCUT2D eigenvalue weighted by molar-refractivity contribution is 0.313. The number of anilines is 2. The first kappa shape index (κ1) is 21.5. The number of pyridine rings is 3. The molecule has 0 amide bonds. The highest BCUT2D eigenvalue weighted by Crippen LogP contribution is 2.31. The standard InChI is InChI=1S/C25H28N10/c1-15(2)28-17-12-16(13-26-14-17)18-4-5-19-21(29-18)23(33-32-19)25-30-22-20(6-7-27-24(22)31-25)35-10-8-34(3)9-11-35/h4-7,12-15,28H,8-11H2,1-3H3,(H,32,33)(H,27,30,31). The van der Waals surface area contributed by atoms with Crippen LogP contribution < -0.4 is 10.2 Å². The Morgan fingerprint density at radius 2 is 1.89 bits per heavy atom. The number of nitrogens with one attached hydrogen (secondary N) is 3. The molecule has 6 rings (SSSR count). The van der Waals surface area contributed by atoms with Crippen LogP contribution in [0.2, 0.25) is 0 Å². The maximum Gasteiger partial charge on any atom is 0.180 e. The first-order valence-electron chi connectivity index (χ1n) is 11.9. The molecule has 0 aromatic carbocycles. The van der Waals surface area contributed by atoms with Gasteiger partial charge < -0.3 is 20.1 Å². The second kappa shape index (κ2) is 8.62. The summed E-state index contributed by atoms with van der Waals surface area (Å²) in [5.74, 6) is 0.651. The van der Waals surface area contributed by atoms with Gasteiger partial charge in [0.25, 0.3) is 0 Å². The Kier molecular flexibility index (Phi) is 5.29. The van der Waals surface area contributed by atoms with E-state index in [-0.39, 0.29) is 0 Å². The molecule has 178 valence electrons. The minimum absolute atomic E-state index is 0.320. The molecule has 5 aromatic heterocycles. The van der Waals surface area contributed by atoms with Crippen LogP contribution in [0.5, 0.6) is 0 Å². The molecule has 5 aromatic rings. The molecule has 0 bridgehead atoms. The Bertz CT molecular complexity index is 1490. The quantitative estimate of drug-likeness (QED) is 0.359. The Labute approximate surface area is 202 Å². The van der Waals surface area contributed by atoms with Crippen molar-refractivity contribution in [3.8, 4) is 22.8 Å². The highest BCUT2D eigenvalue weighted by Gasteiger charge is 2.21. The van der Waals surface area contributed by atoms with Crippen LogP contribution in [0.3, 0.4) is 0 Å². The third kappa shape index (κ3) is 4.06. The summed E-state index contributed by atoms with van der Waals surface area (Å²) in [4.78, 5) is 26.8. The third-order valence-corrected chi connectivity index (χ3v) is 6.34. The molecule has 3 N–H and O–H groups in total. The zero-order valence-electron chi connectivity index (χ0n) is 20.1. The monoisotopic (exact) mass is 468 g/mol. The summed E-state index contributed by atoms with van der Waals surface area (Å²) in [6.45, 7) is 8.21. The first-order chi connectivity index (χ1) is 17.0. The van der Waals surface area contributed by atoms with Crippen molar-refractivity contribution in [2.75, 3.05) is 43.4 Å². The Balaban J connectivity index is 1.39. The molecule has 1 aliphatic rings. The fourth-order valence-electron chi connectivity index (χ4n) is 4.54. The fraction of sp³-hybridized carbons (Fsp3) is 0.320. The van der Waals surface area contributed by atoms with Gasteiger partial charge in [0, 0.05) is 56.4 Å². The molecule has 0 unspecified atom stereocenters. The summed E-state index contributed by atoms with van der Waals surface area (Å²) in [5.41, 5.74) is 7.74. The lowest BCUT2D eigenvalue weighted by atomic mass is 10.1. The number of hydrogen-bond acceptors (Lipinski definition) is 8. The van der Waals surface area contributed by atoms with E-state index < -0.39 is 0 Å². The van der Waals surface area contributed by atoms with E-state index in [0.29, 0.717) is 23.2 Å². The van der Waals surface area contributed by atoms with Gasteiger partial charge in [-0.1, -0.05) is 0 Å². The molecular formula is C25H28N10. The molecule has 0 aliphatic carbocycles. The normalized spacial score (nSPS) is 14.9. The van der Waals surface area contributed by atoms with Crippen LogP contribution in [-0.4, -0.2) is 79.3 Å². The van der Waals surface area contributed by atoms with Crippen molar-refractivity contribution >= 4 is 33.6 Å². The van der Waals surface area contributed by atoms with Gasteiger partial charge in [-0.15, -0.1) is 0 Å². The van der Waals surface area contributed by atoms with Crippen LogP contribution in [0.25, 0.3) is 45.0 Å². The topological polar surface area (TPSA) is 115 Å². The number of rotatable bonds is 5. The van der Waals surface area contributed by atoms with E-state index in [9.17, 15) is 0 Å². The third-order valence-electron chi connectivity index (χ3n) is 6.34. The fourth-order valence-corrected chi connectivity index (χ4v) is 4.54. The van der Waals surface area contributed by atoms with Crippen molar-refractivity contribution in [2.24, 2.45) is 0 Å². The second-order valence-electron chi connectivity index (χ2n) is 9.33. The van der Waals surface area contributed by atoms with Gasteiger partial charge in [-0.05, 0) is 45.2 Å². The largest absolute Gasteiger partial charge is 0.382 e. The summed E-state index contributed by atoms with van der Waals surface area (Å²) in [6, 6.07) is 8.41. The van der Waals surface area contributed by atoms with E-state index in [1.54, 1.807) is 0 Å². The zero-order valence-corrected chi connectivity index (χ0v) is 20.1. The summed E-state index contributed by atoms with van der Waals surface area (Å²) in [7, 11) is 2.16. The maximum absolute atomic E-state index is 4.93. The van der Waals surface area contributed by atoms with Crippen LogP contribution in [0.1, 0.15) is 13.8 Å². The van der Waals surface area contributed by atoms with Crippen molar-refractivity contribution in [2.45, 2.75) is 19.9 Å². The molecule has 10 nitrogen and oxygen atoms in total. The number of aromatic nitrogens is 7. The van der Waals surface area contributed by atoms with Gasteiger partial charge >= 0.3 is 0 Å². The van der Waals surface area contributed by atoms with Gasteiger partial charge in [0.15, 0.2) is 17.2 Å². The Morgan fingerprint density at radius 3 is 2.71 bits per heavy atom. The van der Waals surface area contributed by atoms with Gasteiger partial charge in [-0.25, -0.2) is 15.0 Å².